The van der Waals surface area contributed by atoms with E-state index in [2.05, 4.69) is 10.4 Å². The van der Waals surface area contributed by atoms with Crippen molar-refractivity contribution in [3.8, 4) is 11.4 Å². The van der Waals surface area contributed by atoms with Crippen molar-refractivity contribution in [2.24, 2.45) is 5.92 Å². The predicted octanol–water partition coefficient (Wildman–Crippen LogP) is 2.63. The molecule has 1 aliphatic carbocycles. The highest BCUT2D eigenvalue weighted by Crippen LogP contribution is 2.26. The lowest BCUT2D eigenvalue weighted by molar-refractivity contribution is -0.0107. The van der Waals surface area contributed by atoms with Gasteiger partial charge in [-0.3, -0.25) is 4.79 Å². The van der Waals surface area contributed by atoms with E-state index in [-0.39, 0.29) is 22.8 Å². The number of ether oxygens (including phenoxy) is 2. The Kier molecular flexibility index (Phi) is 5.85. The van der Waals surface area contributed by atoms with Crippen LogP contribution < -0.4 is 15.6 Å². The van der Waals surface area contributed by atoms with Crippen LogP contribution in [0.2, 0.25) is 5.02 Å². The fourth-order valence-electron chi connectivity index (χ4n) is 3.46. The van der Waals surface area contributed by atoms with E-state index >= 15 is 0 Å². The van der Waals surface area contributed by atoms with Gasteiger partial charge < -0.3 is 19.9 Å². The van der Waals surface area contributed by atoms with Gasteiger partial charge in [0, 0.05) is 26.0 Å². The van der Waals surface area contributed by atoms with Crippen LogP contribution >= 0.6 is 11.6 Å². The average Bonchev–Trinajstić information content (AvgIpc) is 2.69. The first-order valence-electron chi connectivity index (χ1n) is 9.65. The Hall–Kier alpha value is -2.09. The second-order valence-corrected chi connectivity index (χ2v) is 7.79. The van der Waals surface area contributed by atoms with Crippen molar-refractivity contribution < 1.29 is 14.6 Å². The van der Waals surface area contributed by atoms with E-state index < -0.39 is 0 Å². The lowest BCUT2D eigenvalue weighted by atomic mass is 9.92. The number of hydrogen-bond donors (Lipinski definition) is 2. The summed E-state index contributed by atoms with van der Waals surface area (Å²) in [6.45, 7) is 2.25. The molecule has 0 spiro atoms. The quantitative estimate of drug-likeness (QED) is 0.768. The monoisotopic (exact) mass is 405 g/mol. The maximum Gasteiger partial charge on any atom is 0.292 e. The van der Waals surface area contributed by atoms with Gasteiger partial charge in [0.2, 0.25) is 0 Å². The molecule has 0 amide bonds. The van der Waals surface area contributed by atoms with Gasteiger partial charge in [0.1, 0.15) is 16.9 Å². The van der Waals surface area contributed by atoms with E-state index in [1.807, 2.05) is 0 Å². The number of aliphatic hydroxyl groups is 1. The number of benzene rings is 1. The largest absolute Gasteiger partial charge is 0.490 e. The molecular weight excluding hydrogens is 382 g/mol. The Labute approximate surface area is 168 Å². The standard InChI is InChI=1S/C20H24ClN3O4/c21-19-18(22-10-13-2-1-7-27-12-13)11-23-24(20(19)26)14-3-5-16(6-4-14)28-17-8-15(25)9-17/h3-6,11,13,15,17,22,25H,1-2,7-10,12H2/t13-,15-,17-/m1/s1. The maximum atomic E-state index is 12.6. The number of anilines is 1. The number of rotatable bonds is 6. The minimum atomic E-state index is -0.373. The van der Waals surface area contributed by atoms with Crippen LogP contribution in [0.25, 0.3) is 5.69 Å². The number of nitrogens with zero attached hydrogens (tertiary/aromatic N) is 2. The highest BCUT2D eigenvalue weighted by atomic mass is 35.5. The molecule has 1 saturated heterocycles. The van der Waals surface area contributed by atoms with E-state index in [0.717, 1.165) is 26.1 Å². The van der Waals surface area contributed by atoms with E-state index in [9.17, 15) is 9.90 Å². The molecule has 2 N–H and O–H groups in total. The van der Waals surface area contributed by atoms with Crippen LogP contribution in [0.3, 0.4) is 0 Å². The Morgan fingerprint density at radius 1 is 1.32 bits per heavy atom. The molecule has 4 rings (SSSR count). The fourth-order valence-corrected chi connectivity index (χ4v) is 3.65. The molecule has 1 saturated carbocycles. The molecule has 2 heterocycles. The Balaban J connectivity index is 1.43. The lowest BCUT2D eigenvalue weighted by Crippen LogP contribution is -2.37. The molecule has 1 aromatic carbocycles. The second kappa shape index (κ2) is 8.51. The first-order chi connectivity index (χ1) is 13.6. The minimum Gasteiger partial charge on any atom is -0.490 e. The molecular formula is C20H24ClN3O4. The van der Waals surface area contributed by atoms with Crippen LogP contribution in [-0.2, 0) is 4.74 Å². The van der Waals surface area contributed by atoms with E-state index in [1.54, 1.807) is 30.5 Å². The summed E-state index contributed by atoms with van der Waals surface area (Å²) in [6, 6.07) is 7.11. The SMILES string of the molecule is O=c1c(Cl)c(NC[C@H]2CCCOC2)cnn1-c1ccc(O[C@H]2C[C@H](O)C2)cc1. The first-order valence-corrected chi connectivity index (χ1v) is 10.0. The number of hydrogen-bond acceptors (Lipinski definition) is 6. The Morgan fingerprint density at radius 3 is 2.79 bits per heavy atom. The number of nitrogens with one attached hydrogen (secondary N) is 1. The third kappa shape index (κ3) is 4.32. The molecule has 2 fully saturated rings. The molecule has 0 bridgehead atoms. The van der Waals surface area contributed by atoms with Crippen molar-refractivity contribution in [1.29, 1.82) is 0 Å². The summed E-state index contributed by atoms with van der Waals surface area (Å²) in [5.41, 5.74) is 0.777. The van der Waals surface area contributed by atoms with Crippen molar-refractivity contribution in [1.82, 2.24) is 9.78 Å². The van der Waals surface area contributed by atoms with Gasteiger partial charge in [0.15, 0.2) is 0 Å². The summed E-state index contributed by atoms with van der Waals surface area (Å²) >= 11 is 6.29. The first kappa shape index (κ1) is 19.2. The summed E-state index contributed by atoms with van der Waals surface area (Å²) in [4.78, 5) is 12.6. The predicted molar refractivity (Wildman–Crippen MR) is 107 cm³/mol. The summed E-state index contributed by atoms with van der Waals surface area (Å²) in [5.74, 6) is 1.12. The molecule has 0 radical (unpaired) electrons. The van der Waals surface area contributed by atoms with E-state index in [4.69, 9.17) is 21.1 Å². The Bertz CT molecular complexity index is 859. The molecule has 0 unspecified atom stereocenters. The third-order valence-corrected chi connectivity index (χ3v) is 5.57. The highest BCUT2D eigenvalue weighted by Gasteiger charge is 2.28. The molecule has 2 aromatic rings. The second-order valence-electron chi connectivity index (χ2n) is 7.41. The van der Waals surface area contributed by atoms with Gasteiger partial charge in [-0.25, -0.2) is 0 Å². The third-order valence-electron chi connectivity index (χ3n) is 5.21. The fraction of sp³-hybridized carbons (Fsp3) is 0.500. The smallest absolute Gasteiger partial charge is 0.292 e. The summed E-state index contributed by atoms with van der Waals surface area (Å²) in [6.07, 6.45) is 4.83. The molecule has 2 aliphatic rings. The summed E-state index contributed by atoms with van der Waals surface area (Å²) < 4.78 is 12.5. The van der Waals surface area contributed by atoms with Crippen LogP contribution in [0.5, 0.6) is 5.75 Å². The zero-order valence-electron chi connectivity index (χ0n) is 15.5. The molecule has 28 heavy (non-hydrogen) atoms. The normalized spacial score (nSPS) is 24.4. The average molecular weight is 406 g/mol. The van der Waals surface area contributed by atoms with Crippen LogP contribution in [0, 0.1) is 5.92 Å². The van der Waals surface area contributed by atoms with Crippen molar-refractivity contribution in [3.63, 3.8) is 0 Å². The van der Waals surface area contributed by atoms with Crippen LogP contribution in [0.1, 0.15) is 25.7 Å². The molecule has 7 nitrogen and oxygen atoms in total. The number of halogens is 1. The number of aromatic nitrogens is 2. The molecule has 1 atom stereocenters. The topological polar surface area (TPSA) is 85.6 Å². The highest BCUT2D eigenvalue weighted by molar-refractivity contribution is 6.32. The molecule has 150 valence electrons. The molecule has 1 aliphatic heterocycles. The maximum absolute atomic E-state index is 12.6. The van der Waals surface area contributed by atoms with Gasteiger partial charge in [0.05, 0.1) is 30.3 Å². The van der Waals surface area contributed by atoms with Gasteiger partial charge >= 0.3 is 0 Å². The van der Waals surface area contributed by atoms with Crippen molar-refractivity contribution in [2.75, 3.05) is 25.1 Å². The lowest BCUT2D eigenvalue weighted by Gasteiger charge is -2.31. The van der Waals surface area contributed by atoms with Crippen molar-refractivity contribution >= 4 is 17.3 Å². The summed E-state index contributed by atoms with van der Waals surface area (Å²) in [5, 5.41) is 16.9. The molecule has 1 aromatic heterocycles. The minimum absolute atomic E-state index is 0.0519. The van der Waals surface area contributed by atoms with Gasteiger partial charge in [-0.1, -0.05) is 11.6 Å². The van der Waals surface area contributed by atoms with Crippen molar-refractivity contribution in [2.45, 2.75) is 37.9 Å². The van der Waals surface area contributed by atoms with Crippen LogP contribution in [0.4, 0.5) is 5.69 Å². The van der Waals surface area contributed by atoms with Crippen molar-refractivity contribution in [3.05, 3.63) is 45.8 Å². The van der Waals surface area contributed by atoms with Crippen LogP contribution in [-0.4, -0.2) is 46.9 Å². The van der Waals surface area contributed by atoms with Crippen LogP contribution in [0.15, 0.2) is 35.3 Å². The van der Waals surface area contributed by atoms with Gasteiger partial charge in [0.25, 0.3) is 5.56 Å². The zero-order chi connectivity index (χ0) is 19.5. The van der Waals surface area contributed by atoms with Gasteiger partial charge in [-0.15, -0.1) is 0 Å². The summed E-state index contributed by atoms with van der Waals surface area (Å²) in [7, 11) is 0. The van der Waals surface area contributed by atoms with E-state index in [1.165, 1.54) is 4.68 Å². The van der Waals surface area contributed by atoms with Gasteiger partial charge in [-0.05, 0) is 43.0 Å². The Morgan fingerprint density at radius 2 is 2.11 bits per heavy atom. The molecule has 8 heteroatoms. The van der Waals surface area contributed by atoms with Gasteiger partial charge in [-0.2, -0.15) is 9.78 Å². The zero-order valence-corrected chi connectivity index (χ0v) is 16.3. The number of aliphatic hydroxyl groups excluding tert-OH is 1. The van der Waals surface area contributed by atoms with E-state index in [0.29, 0.717) is 42.4 Å².